The van der Waals surface area contributed by atoms with Crippen LogP contribution in [0.1, 0.15) is 42.1 Å². The lowest BCUT2D eigenvalue weighted by atomic mass is 10.0. The summed E-state index contributed by atoms with van der Waals surface area (Å²) in [7, 11) is 0. The maximum absolute atomic E-state index is 12.2. The molecular weight excluding hydrogens is 222 g/mol. The number of benzene rings is 1. The van der Waals surface area contributed by atoms with Crippen LogP contribution in [-0.2, 0) is 0 Å². The van der Waals surface area contributed by atoms with Gasteiger partial charge in [0.05, 0.1) is 6.54 Å². The summed E-state index contributed by atoms with van der Waals surface area (Å²) in [6.07, 6.45) is 3.75. The van der Waals surface area contributed by atoms with Gasteiger partial charge in [0.1, 0.15) is 0 Å². The highest BCUT2D eigenvalue weighted by atomic mass is 16.1. The van der Waals surface area contributed by atoms with Gasteiger partial charge in [-0.25, -0.2) is 0 Å². The van der Waals surface area contributed by atoms with Gasteiger partial charge in [0.15, 0.2) is 5.78 Å². The van der Waals surface area contributed by atoms with Gasteiger partial charge < -0.3 is 0 Å². The minimum Gasteiger partial charge on any atom is -0.296 e. The molecule has 1 fully saturated rings. The third-order valence-electron chi connectivity index (χ3n) is 3.82. The minimum absolute atomic E-state index is 0.258. The van der Waals surface area contributed by atoms with Crippen LogP contribution in [0.4, 0.5) is 0 Å². The molecule has 1 aromatic rings. The summed E-state index contributed by atoms with van der Waals surface area (Å²) in [5.74, 6) is 1.07. The van der Waals surface area contributed by atoms with Crippen LogP contribution in [0, 0.1) is 12.8 Å². The molecule has 1 saturated heterocycles. The Kier molecular flexibility index (Phi) is 4.54. The van der Waals surface area contributed by atoms with Crippen LogP contribution in [-0.4, -0.2) is 30.3 Å². The first kappa shape index (κ1) is 13.3. The Bertz CT molecular complexity index is 413. The van der Waals surface area contributed by atoms with Crippen molar-refractivity contribution < 1.29 is 4.79 Å². The highest BCUT2D eigenvalue weighted by molar-refractivity contribution is 5.97. The number of ketones is 1. The standard InChI is InChI=1S/C16H23NO/c1-13-6-4-9-17(10-8-13)12-16(18)15-7-3-5-14(2)11-15/h3,5,7,11,13H,4,6,8-10,12H2,1-2H3. The van der Waals surface area contributed by atoms with E-state index in [4.69, 9.17) is 0 Å². The van der Waals surface area contributed by atoms with Crippen molar-refractivity contribution in [3.8, 4) is 0 Å². The van der Waals surface area contributed by atoms with Gasteiger partial charge >= 0.3 is 0 Å². The van der Waals surface area contributed by atoms with Crippen LogP contribution in [0.3, 0.4) is 0 Å². The molecule has 0 radical (unpaired) electrons. The van der Waals surface area contributed by atoms with Gasteiger partial charge in [0, 0.05) is 5.56 Å². The van der Waals surface area contributed by atoms with E-state index < -0.39 is 0 Å². The average molecular weight is 245 g/mol. The second-order valence-corrected chi connectivity index (χ2v) is 5.60. The number of hydrogen-bond acceptors (Lipinski definition) is 2. The molecule has 1 heterocycles. The summed E-state index contributed by atoms with van der Waals surface area (Å²) in [6, 6.07) is 7.91. The van der Waals surface area contributed by atoms with E-state index in [2.05, 4.69) is 11.8 Å². The minimum atomic E-state index is 0.258. The van der Waals surface area contributed by atoms with Gasteiger partial charge in [0.2, 0.25) is 0 Å². The van der Waals surface area contributed by atoms with Gasteiger partial charge in [-0.1, -0.05) is 30.7 Å². The molecule has 0 saturated carbocycles. The smallest absolute Gasteiger partial charge is 0.176 e. The summed E-state index contributed by atoms with van der Waals surface area (Å²) in [4.78, 5) is 14.5. The molecule has 1 aliphatic rings. The summed E-state index contributed by atoms with van der Waals surface area (Å²) < 4.78 is 0. The monoisotopic (exact) mass is 245 g/mol. The summed E-state index contributed by atoms with van der Waals surface area (Å²) >= 11 is 0. The molecule has 18 heavy (non-hydrogen) atoms. The molecule has 1 aliphatic heterocycles. The predicted octanol–water partition coefficient (Wildman–Crippen LogP) is 3.30. The molecule has 2 nitrogen and oxygen atoms in total. The molecule has 1 aromatic carbocycles. The van der Waals surface area contributed by atoms with E-state index in [0.717, 1.165) is 30.1 Å². The maximum atomic E-state index is 12.2. The molecule has 0 aliphatic carbocycles. The second-order valence-electron chi connectivity index (χ2n) is 5.60. The fourth-order valence-electron chi connectivity index (χ4n) is 2.59. The molecule has 0 bridgehead atoms. The van der Waals surface area contributed by atoms with Crippen molar-refractivity contribution in [3.63, 3.8) is 0 Å². The maximum Gasteiger partial charge on any atom is 0.176 e. The number of carbonyl (C=O) groups is 1. The lowest BCUT2D eigenvalue weighted by molar-refractivity contribution is 0.0932. The quantitative estimate of drug-likeness (QED) is 0.762. The number of rotatable bonds is 3. The second kappa shape index (κ2) is 6.14. The first-order valence-electron chi connectivity index (χ1n) is 6.97. The first-order chi connectivity index (χ1) is 8.65. The zero-order valence-corrected chi connectivity index (χ0v) is 11.5. The molecule has 1 unspecified atom stereocenters. The Balaban J connectivity index is 1.94. The lowest BCUT2D eigenvalue weighted by Gasteiger charge is -2.19. The lowest BCUT2D eigenvalue weighted by Crippen LogP contribution is -2.31. The Morgan fingerprint density at radius 1 is 1.33 bits per heavy atom. The fraction of sp³-hybridized carbons (Fsp3) is 0.562. The van der Waals surface area contributed by atoms with Gasteiger partial charge in [0.25, 0.3) is 0 Å². The summed E-state index contributed by atoms with van der Waals surface area (Å²) in [5.41, 5.74) is 2.01. The third-order valence-corrected chi connectivity index (χ3v) is 3.82. The van der Waals surface area contributed by atoms with E-state index in [9.17, 15) is 4.79 Å². The number of nitrogens with zero attached hydrogens (tertiary/aromatic N) is 1. The van der Waals surface area contributed by atoms with Crippen LogP contribution in [0.15, 0.2) is 24.3 Å². The van der Waals surface area contributed by atoms with Crippen LogP contribution < -0.4 is 0 Å². The molecule has 0 spiro atoms. The molecule has 2 rings (SSSR count). The van der Waals surface area contributed by atoms with Gasteiger partial charge in [-0.15, -0.1) is 0 Å². The molecule has 2 heteroatoms. The number of aryl methyl sites for hydroxylation is 1. The Morgan fingerprint density at radius 2 is 2.17 bits per heavy atom. The van der Waals surface area contributed by atoms with Crippen molar-refractivity contribution >= 4 is 5.78 Å². The van der Waals surface area contributed by atoms with Crippen molar-refractivity contribution in [2.24, 2.45) is 5.92 Å². The van der Waals surface area contributed by atoms with E-state index in [0.29, 0.717) is 6.54 Å². The van der Waals surface area contributed by atoms with E-state index >= 15 is 0 Å². The zero-order chi connectivity index (χ0) is 13.0. The summed E-state index contributed by atoms with van der Waals surface area (Å²) in [6.45, 7) is 7.06. The van der Waals surface area contributed by atoms with Gasteiger partial charge in [-0.05, 0) is 51.3 Å². The molecule has 0 amide bonds. The van der Waals surface area contributed by atoms with Crippen LogP contribution in [0.5, 0.6) is 0 Å². The van der Waals surface area contributed by atoms with Crippen LogP contribution >= 0.6 is 0 Å². The van der Waals surface area contributed by atoms with E-state index in [1.807, 2.05) is 31.2 Å². The first-order valence-corrected chi connectivity index (χ1v) is 6.97. The van der Waals surface area contributed by atoms with E-state index in [1.165, 1.54) is 19.3 Å². The van der Waals surface area contributed by atoms with Crippen molar-refractivity contribution in [2.75, 3.05) is 19.6 Å². The van der Waals surface area contributed by atoms with Crippen molar-refractivity contribution in [3.05, 3.63) is 35.4 Å². The zero-order valence-electron chi connectivity index (χ0n) is 11.5. The number of hydrogen-bond donors (Lipinski definition) is 0. The predicted molar refractivity (Wildman–Crippen MR) is 75.0 cm³/mol. The van der Waals surface area contributed by atoms with Crippen LogP contribution in [0.2, 0.25) is 0 Å². The van der Waals surface area contributed by atoms with E-state index in [1.54, 1.807) is 0 Å². The summed E-state index contributed by atoms with van der Waals surface area (Å²) in [5, 5.41) is 0. The Morgan fingerprint density at radius 3 is 2.94 bits per heavy atom. The topological polar surface area (TPSA) is 20.3 Å². The largest absolute Gasteiger partial charge is 0.296 e. The normalized spacial score (nSPS) is 21.6. The van der Waals surface area contributed by atoms with Gasteiger partial charge in [-0.2, -0.15) is 0 Å². The molecular formula is C16H23NO. The number of likely N-dealkylation sites (tertiary alicyclic amines) is 1. The Hall–Kier alpha value is -1.15. The third kappa shape index (κ3) is 3.67. The highest BCUT2D eigenvalue weighted by Gasteiger charge is 2.16. The van der Waals surface area contributed by atoms with Gasteiger partial charge in [-0.3, -0.25) is 9.69 Å². The van der Waals surface area contributed by atoms with Crippen molar-refractivity contribution in [1.82, 2.24) is 4.90 Å². The molecule has 0 aromatic heterocycles. The van der Waals surface area contributed by atoms with Crippen molar-refractivity contribution in [2.45, 2.75) is 33.1 Å². The number of carbonyl (C=O) groups excluding carboxylic acids is 1. The van der Waals surface area contributed by atoms with E-state index in [-0.39, 0.29) is 5.78 Å². The molecule has 98 valence electrons. The molecule has 1 atom stereocenters. The van der Waals surface area contributed by atoms with Crippen LogP contribution in [0.25, 0.3) is 0 Å². The van der Waals surface area contributed by atoms with Crippen molar-refractivity contribution in [1.29, 1.82) is 0 Å². The Labute approximate surface area is 110 Å². The fourth-order valence-corrected chi connectivity index (χ4v) is 2.59. The highest BCUT2D eigenvalue weighted by Crippen LogP contribution is 2.16. The average Bonchev–Trinajstić information content (AvgIpc) is 2.54. The SMILES string of the molecule is Cc1cccc(C(=O)CN2CCCC(C)CC2)c1. The molecule has 0 N–H and O–H groups in total. The number of Topliss-reactive ketones (excluding diaryl/α,β-unsaturated/α-hetero) is 1.